The standard InChI is InChI=1S/C19H19Cl2FN2OS/c20-19(21)11-16(19)18(25)24-8-6-23(7-9-24)12-15-4-5-17(26-15)13-2-1-3-14(22)10-13/h1-5,10,16H,6-9,11-12H2/t16-/m0/s1. The summed E-state index contributed by atoms with van der Waals surface area (Å²) in [6.07, 6.45) is 0.563. The molecule has 2 aliphatic rings. The van der Waals surface area contributed by atoms with Crippen molar-refractivity contribution in [3.05, 3.63) is 47.1 Å². The molecule has 2 aromatic rings. The van der Waals surface area contributed by atoms with Crippen LogP contribution in [0, 0.1) is 11.7 Å². The van der Waals surface area contributed by atoms with Gasteiger partial charge in [0.05, 0.1) is 5.92 Å². The highest BCUT2D eigenvalue weighted by molar-refractivity contribution is 7.15. The maximum absolute atomic E-state index is 13.4. The molecule has 4 rings (SSSR count). The minimum Gasteiger partial charge on any atom is -0.340 e. The molecule has 26 heavy (non-hydrogen) atoms. The molecule has 1 aliphatic carbocycles. The van der Waals surface area contributed by atoms with Crippen LogP contribution in [0.25, 0.3) is 10.4 Å². The number of carbonyl (C=O) groups excluding carboxylic acids is 1. The van der Waals surface area contributed by atoms with Gasteiger partial charge in [-0.1, -0.05) is 12.1 Å². The molecule has 3 nitrogen and oxygen atoms in total. The molecule has 1 aromatic heterocycles. The Morgan fingerprint density at radius 2 is 1.92 bits per heavy atom. The Balaban J connectivity index is 1.32. The van der Waals surface area contributed by atoms with Crippen LogP contribution >= 0.6 is 34.5 Å². The molecule has 0 bridgehead atoms. The Labute approximate surface area is 166 Å². The summed E-state index contributed by atoms with van der Waals surface area (Å²) >= 11 is 13.7. The number of amides is 1. The number of piperazine rings is 1. The molecule has 7 heteroatoms. The highest BCUT2D eigenvalue weighted by Crippen LogP contribution is 2.53. The molecule has 0 spiro atoms. The molecule has 1 saturated carbocycles. The molecule has 2 fully saturated rings. The van der Waals surface area contributed by atoms with Crippen LogP contribution in [-0.2, 0) is 11.3 Å². The first-order valence-electron chi connectivity index (χ1n) is 8.66. The van der Waals surface area contributed by atoms with Gasteiger partial charge in [0.2, 0.25) is 5.91 Å². The Bertz CT molecular complexity index is 817. The zero-order valence-corrected chi connectivity index (χ0v) is 16.5. The maximum atomic E-state index is 13.4. The predicted octanol–water partition coefficient (Wildman–Crippen LogP) is 4.39. The van der Waals surface area contributed by atoms with Gasteiger partial charge in [-0.25, -0.2) is 4.39 Å². The fourth-order valence-corrected chi connectivity index (χ4v) is 4.85. The zero-order valence-electron chi connectivity index (χ0n) is 14.1. The quantitative estimate of drug-likeness (QED) is 0.695. The highest BCUT2D eigenvalue weighted by atomic mass is 35.5. The topological polar surface area (TPSA) is 23.6 Å². The Morgan fingerprint density at radius 3 is 2.58 bits per heavy atom. The third kappa shape index (κ3) is 3.91. The summed E-state index contributed by atoms with van der Waals surface area (Å²) in [6, 6.07) is 10.8. The molecular formula is C19H19Cl2FN2OS. The predicted molar refractivity (Wildman–Crippen MR) is 104 cm³/mol. The van der Waals surface area contributed by atoms with Gasteiger partial charge in [0.1, 0.15) is 10.2 Å². The lowest BCUT2D eigenvalue weighted by atomic mass is 10.2. The van der Waals surface area contributed by atoms with E-state index < -0.39 is 4.33 Å². The smallest absolute Gasteiger partial charge is 0.228 e. The largest absolute Gasteiger partial charge is 0.340 e. The fourth-order valence-electron chi connectivity index (χ4n) is 3.31. The number of hydrogen-bond acceptors (Lipinski definition) is 3. The second kappa shape index (κ2) is 7.12. The van der Waals surface area contributed by atoms with Gasteiger partial charge >= 0.3 is 0 Å². The molecule has 1 saturated heterocycles. The van der Waals surface area contributed by atoms with E-state index >= 15 is 0 Å². The Hall–Kier alpha value is -1.14. The van der Waals surface area contributed by atoms with Gasteiger partial charge in [-0.15, -0.1) is 34.5 Å². The number of benzene rings is 1. The van der Waals surface area contributed by atoms with Gasteiger partial charge in [0.15, 0.2) is 0 Å². The second-order valence-electron chi connectivity index (χ2n) is 6.90. The van der Waals surface area contributed by atoms with Crippen molar-refractivity contribution in [1.82, 2.24) is 9.80 Å². The van der Waals surface area contributed by atoms with Gasteiger partial charge in [-0.3, -0.25) is 9.69 Å². The van der Waals surface area contributed by atoms with E-state index in [0.29, 0.717) is 19.5 Å². The number of thiophene rings is 1. The Kier molecular flexibility index (Phi) is 4.99. The monoisotopic (exact) mass is 412 g/mol. The Morgan fingerprint density at radius 1 is 1.19 bits per heavy atom. The summed E-state index contributed by atoms with van der Waals surface area (Å²) in [5.74, 6) is -0.366. The number of rotatable bonds is 4. The van der Waals surface area contributed by atoms with Crippen molar-refractivity contribution in [2.75, 3.05) is 26.2 Å². The van der Waals surface area contributed by atoms with Crippen LogP contribution in [0.5, 0.6) is 0 Å². The first kappa shape index (κ1) is 18.2. The third-order valence-corrected chi connectivity index (χ3v) is 6.91. The average molecular weight is 413 g/mol. The number of nitrogens with zero attached hydrogens (tertiary/aromatic N) is 2. The number of alkyl halides is 2. The number of carbonyl (C=O) groups is 1. The van der Waals surface area contributed by atoms with E-state index in [0.717, 1.165) is 30.1 Å². The molecule has 2 heterocycles. The lowest BCUT2D eigenvalue weighted by Gasteiger charge is -2.34. The van der Waals surface area contributed by atoms with Crippen molar-refractivity contribution in [2.45, 2.75) is 17.3 Å². The van der Waals surface area contributed by atoms with E-state index in [4.69, 9.17) is 23.2 Å². The second-order valence-corrected chi connectivity index (χ2v) is 9.61. The average Bonchev–Trinajstić information content (AvgIpc) is 3.03. The van der Waals surface area contributed by atoms with Crippen LogP contribution in [0.15, 0.2) is 36.4 Å². The maximum Gasteiger partial charge on any atom is 0.228 e. The summed E-state index contributed by atoms with van der Waals surface area (Å²) in [4.78, 5) is 18.9. The molecule has 138 valence electrons. The summed E-state index contributed by atoms with van der Waals surface area (Å²) in [5.41, 5.74) is 0.909. The van der Waals surface area contributed by atoms with E-state index in [1.54, 1.807) is 23.5 Å². The fraction of sp³-hybridized carbons (Fsp3) is 0.421. The minimum absolute atomic E-state index is 0.0826. The van der Waals surface area contributed by atoms with Gasteiger partial charge in [-0.2, -0.15) is 0 Å². The normalized spacial score (nSPS) is 22.4. The minimum atomic E-state index is -0.849. The van der Waals surface area contributed by atoms with Crippen molar-refractivity contribution >= 4 is 40.4 Å². The third-order valence-electron chi connectivity index (χ3n) is 4.96. The van der Waals surface area contributed by atoms with E-state index in [-0.39, 0.29) is 17.6 Å². The summed E-state index contributed by atoms with van der Waals surface area (Å²) < 4.78 is 12.5. The molecule has 0 N–H and O–H groups in total. The summed E-state index contributed by atoms with van der Waals surface area (Å²) in [5, 5.41) is 0. The van der Waals surface area contributed by atoms with E-state index in [1.165, 1.54) is 10.9 Å². The number of hydrogen-bond donors (Lipinski definition) is 0. The van der Waals surface area contributed by atoms with E-state index in [9.17, 15) is 9.18 Å². The van der Waals surface area contributed by atoms with Crippen molar-refractivity contribution < 1.29 is 9.18 Å². The van der Waals surface area contributed by atoms with Crippen molar-refractivity contribution in [1.29, 1.82) is 0 Å². The molecular weight excluding hydrogens is 394 g/mol. The highest BCUT2D eigenvalue weighted by Gasteiger charge is 2.57. The lowest BCUT2D eigenvalue weighted by Crippen LogP contribution is -2.49. The summed E-state index contributed by atoms with van der Waals surface area (Å²) in [7, 11) is 0. The van der Waals surface area contributed by atoms with Crippen LogP contribution in [0.2, 0.25) is 0 Å². The lowest BCUT2D eigenvalue weighted by molar-refractivity contribution is -0.134. The number of halogens is 3. The molecule has 0 unspecified atom stereocenters. The van der Waals surface area contributed by atoms with Gasteiger partial charge in [0, 0.05) is 42.5 Å². The van der Waals surface area contributed by atoms with Gasteiger partial charge in [-0.05, 0) is 36.2 Å². The first-order valence-corrected chi connectivity index (χ1v) is 10.2. The van der Waals surface area contributed by atoms with Crippen molar-refractivity contribution in [2.24, 2.45) is 5.92 Å². The first-order chi connectivity index (χ1) is 12.4. The SMILES string of the molecule is O=C([C@@H]1CC1(Cl)Cl)N1CCN(Cc2ccc(-c3cccc(F)c3)s2)CC1. The molecule has 1 amide bonds. The van der Waals surface area contributed by atoms with Crippen LogP contribution in [0.3, 0.4) is 0 Å². The molecule has 0 radical (unpaired) electrons. The van der Waals surface area contributed by atoms with Crippen LogP contribution < -0.4 is 0 Å². The van der Waals surface area contributed by atoms with Gasteiger partial charge < -0.3 is 4.90 Å². The zero-order chi connectivity index (χ0) is 18.3. The summed E-state index contributed by atoms with van der Waals surface area (Å²) in [6.45, 7) is 3.94. The molecule has 1 aromatic carbocycles. The van der Waals surface area contributed by atoms with Crippen molar-refractivity contribution in [3.63, 3.8) is 0 Å². The van der Waals surface area contributed by atoms with Crippen LogP contribution in [0.4, 0.5) is 4.39 Å². The van der Waals surface area contributed by atoms with E-state index in [1.807, 2.05) is 17.0 Å². The van der Waals surface area contributed by atoms with E-state index in [2.05, 4.69) is 11.0 Å². The van der Waals surface area contributed by atoms with Gasteiger partial charge in [0.25, 0.3) is 0 Å². The molecule has 1 aliphatic heterocycles. The van der Waals surface area contributed by atoms with Crippen molar-refractivity contribution in [3.8, 4) is 10.4 Å². The van der Waals surface area contributed by atoms with Crippen LogP contribution in [-0.4, -0.2) is 46.2 Å². The van der Waals surface area contributed by atoms with Crippen LogP contribution in [0.1, 0.15) is 11.3 Å². The molecule has 1 atom stereocenters.